The first-order valence-electron chi connectivity index (χ1n) is 9.66. The minimum absolute atomic E-state index is 0. The van der Waals surface area contributed by atoms with Crippen molar-refractivity contribution in [2.45, 2.75) is 57.9 Å². The number of sulfonamides is 1. The monoisotopic (exact) mass is 540 g/mol. The molecule has 1 aliphatic heterocycles. The van der Waals surface area contributed by atoms with Gasteiger partial charge < -0.3 is 10.6 Å². The van der Waals surface area contributed by atoms with E-state index in [0.717, 1.165) is 19.0 Å². The van der Waals surface area contributed by atoms with Gasteiger partial charge in [-0.15, -0.1) is 24.0 Å². The molecule has 166 valence electrons. The van der Waals surface area contributed by atoms with Gasteiger partial charge in [0.15, 0.2) is 5.96 Å². The second kappa shape index (κ2) is 10.6. The molecule has 0 aromatic heterocycles. The highest BCUT2D eigenvalue weighted by Crippen LogP contribution is 2.37. The molecule has 1 aliphatic carbocycles. The minimum Gasteiger partial charge on any atom is -0.357 e. The van der Waals surface area contributed by atoms with E-state index in [1.807, 2.05) is 6.92 Å². The molecule has 1 saturated carbocycles. The number of rotatable bonds is 6. The summed E-state index contributed by atoms with van der Waals surface area (Å²) < 4.78 is 61.4. The van der Waals surface area contributed by atoms with Crippen LogP contribution in [-0.4, -0.2) is 56.9 Å². The molecular formula is C17H32F3IN4O2S. The zero-order valence-corrected chi connectivity index (χ0v) is 19.7. The maximum absolute atomic E-state index is 12.6. The standard InChI is InChI=1S/C17H31F3N4O2S.HI/c1-3-21-15(23-13-16(2)8-4-5-9-16)22-12-14-6-10-24(11-7-14)27(25,26)17(18,19)20;/h14H,3-13H2,1-2H3,(H2,21,22,23);1H. The summed E-state index contributed by atoms with van der Waals surface area (Å²) in [6, 6.07) is 0. The number of nitrogens with one attached hydrogen (secondary N) is 2. The Balaban J connectivity index is 0.00000392. The molecule has 2 aliphatic rings. The number of piperidine rings is 1. The van der Waals surface area contributed by atoms with Crippen LogP contribution in [0.15, 0.2) is 4.99 Å². The van der Waals surface area contributed by atoms with Gasteiger partial charge in [-0.2, -0.15) is 17.5 Å². The molecule has 0 bridgehead atoms. The molecule has 6 nitrogen and oxygen atoms in total. The Morgan fingerprint density at radius 3 is 2.25 bits per heavy atom. The van der Waals surface area contributed by atoms with Crippen molar-refractivity contribution in [1.29, 1.82) is 0 Å². The lowest BCUT2D eigenvalue weighted by molar-refractivity contribution is -0.0496. The van der Waals surface area contributed by atoms with E-state index in [4.69, 9.17) is 0 Å². The largest absolute Gasteiger partial charge is 0.511 e. The van der Waals surface area contributed by atoms with Gasteiger partial charge in [-0.1, -0.05) is 19.8 Å². The Bertz CT molecular complexity index is 614. The summed E-state index contributed by atoms with van der Waals surface area (Å²) in [6.45, 7) is 6.09. The molecule has 0 unspecified atom stereocenters. The van der Waals surface area contributed by atoms with Crippen LogP contribution in [0, 0.1) is 11.3 Å². The van der Waals surface area contributed by atoms with Crippen LogP contribution in [0.4, 0.5) is 13.2 Å². The predicted octanol–water partition coefficient (Wildman–Crippen LogP) is 3.30. The predicted molar refractivity (Wildman–Crippen MR) is 115 cm³/mol. The molecule has 1 heterocycles. The lowest BCUT2D eigenvalue weighted by Crippen LogP contribution is -2.47. The van der Waals surface area contributed by atoms with Crippen LogP contribution in [0.5, 0.6) is 0 Å². The maximum Gasteiger partial charge on any atom is 0.511 e. The van der Waals surface area contributed by atoms with Crippen molar-refractivity contribution >= 4 is 40.0 Å². The van der Waals surface area contributed by atoms with Crippen molar-refractivity contribution in [3.8, 4) is 0 Å². The van der Waals surface area contributed by atoms with Gasteiger partial charge in [0.1, 0.15) is 0 Å². The van der Waals surface area contributed by atoms with E-state index in [0.29, 0.717) is 23.7 Å². The van der Waals surface area contributed by atoms with Crippen LogP contribution in [0.2, 0.25) is 0 Å². The highest BCUT2D eigenvalue weighted by Gasteiger charge is 2.50. The zero-order valence-electron chi connectivity index (χ0n) is 16.5. The van der Waals surface area contributed by atoms with Gasteiger partial charge >= 0.3 is 15.5 Å². The van der Waals surface area contributed by atoms with Gasteiger partial charge in [0.25, 0.3) is 0 Å². The Hall–Kier alpha value is -0.300. The molecule has 0 aromatic carbocycles. The van der Waals surface area contributed by atoms with Crippen molar-refractivity contribution in [3.63, 3.8) is 0 Å². The molecule has 0 aromatic rings. The number of hydrogen-bond acceptors (Lipinski definition) is 3. The first kappa shape index (κ1) is 25.7. The van der Waals surface area contributed by atoms with Gasteiger partial charge in [0.05, 0.1) is 0 Å². The fraction of sp³-hybridized carbons (Fsp3) is 0.941. The average Bonchev–Trinajstić information content (AvgIpc) is 3.04. The average molecular weight is 540 g/mol. The highest BCUT2D eigenvalue weighted by molar-refractivity contribution is 14.0. The van der Waals surface area contributed by atoms with E-state index in [1.54, 1.807) is 0 Å². The number of alkyl halides is 3. The second-order valence-electron chi connectivity index (χ2n) is 7.89. The van der Waals surface area contributed by atoms with E-state index in [-0.39, 0.29) is 48.4 Å². The summed E-state index contributed by atoms with van der Waals surface area (Å²) in [4.78, 5) is 4.68. The lowest BCUT2D eigenvalue weighted by atomic mass is 9.89. The summed E-state index contributed by atoms with van der Waals surface area (Å²) in [5.74, 6) is 0.839. The Labute approximate surface area is 183 Å². The molecule has 2 fully saturated rings. The summed E-state index contributed by atoms with van der Waals surface area (Å²) in [5.41, 5.74) is -4.97. The quantitative estimate of drug-likeness (QED) is 0.308. The molecular weight excluding hydrogens is 508 g/mol. The highest BCUT2D eigenvalue weighted by atomic mass is 127. The third-order valence-corrected chi connectivity index (χ3v) is 7.17. The van der Waals surface area contributed by atoms with Gasteiger partial charge in [-0.05, 0) is 43.9 Å². The minimum atomic E-state index is -5.22. The fourth-order valence-electron chi connectivity index (χ4n) is 3.74. The van der Waals surface area contributed by atoms with Gasteiger partial charge in [0, 0.05) is 32.7 Å². The summed E-state index contributed by atoms with van der Waals surface area (Å²) in [5, 5.41) is 6.46. The van der Waals surface area contributed by atoms with Crippen molar-refractivity contribution in [1.82, 2.24) is 14.9 Å². The molecule has 2 N–H and O–H groups in total. The van der Waals surface area contributed by atoms with Crippen molar-refractivity contribution < 1.29 is 21.6 Å². The van der Waals surface area contributed by atoms with Crippen LogP contribution in [0.25, 0.3) is 0 Å². The summed E-state index contributed by atoms with van der Waals surface area (Å²) >= 11 is 0. The van der Waals surface area contributed by atoms with E-state index in [2.05, 4.69) is 22.5 Å². The number of hydrogen-bond donors (Lipinski definition) is 2. The molecule has 0 spiro atoms. The van der Waals surface area contributed by atoms with Crippen LogP contribution in [0.1, 0.15) is 52.4 Å². The fourth-order valence-corrected chi connectivity index (χ4v) is 4.72. The molecule has 0 atom stereocenters. The molecule has 28 heavy (non-hydrogen) atoms. The first-order valence-corrected chi connectivity index (χ1v) is 11.1. The number of nitrogens with zero attached hydrogens (tertiary/aromatic N) is 2. The van der Waals surface area contributed by atoms with Crippen molar-refractivity contribution in [3.05, 3.63) is 0 Å². The molecule has 11 heteroatoms. The number of halogens is 4. The van der Waals surface area contributed by atoms with E-state index in [9.17, 15) is 21.6 Å². The van der Waals surface area contributed by atoms with Crippen LogP contribution in [-0.2, 0) is 10.0 Å². The smallest absolute Gasteiger partial charge is 0.357 e. The zero-order chi connectivity index (χ0) is 20.1. The Kier molecular flexibility index (Phi) is 9.79. The molecule has 0 radical (unpaired) electrons. The van der Waals surface area contributed by atoms with Crippen molar-refractivity contribution in [2.24, 2.45) is 16.3 Å². The summed E-state index contributed by atoms with van der Waals surface area (Å²) in [7, 11) is -5.21. The molecule has 2 rings (SSSR count). The topological polar surface area (TPSA) is 73.8 Å². The SMILES string of the molecule is CCNC(=NCC1(C)CCCC1)NCC1CCN(S(=O)(=O)C(F)(F)F)CC1.I. The Morgan fingerprint density at radius 2 is 1.75 bits per heavy atom. The van der Waals surface area contributed by atoms with Crippen LogP contribution in [0.3, 0.4) is 0 Å². The molecule has 1 saturated heterocycles. The number of guanidine groups is 1. The Morgan fingerprint density at radius 1 is 1.18 bits per heavy atom. The van der Waals surface area contributed by atoms with Crippen LogP contribution >= 0.6 is 24.0 Å². The number of aliphatic imine (C=N–C) groups is 1. The van der Waals surface area contributed by atoms with Gasteiger partial charge in [-0.25, -0.2) is 8.42 Å². The maximum atomic E-state index is 12.6. The van der Waals surface area contributed by atoms with E-state index < -0.39 is 15.5 Å². The van der Waals surface area contributed by atoms with Crippen molar-refractivity contribution in [2.75, 3.05) is 32.7 Å². The second-order valence-corrected chi connectivity index (χ2v) is 9.82. The third-order valence-electron chi connectivity index (χ3n) is 5.54. The lowest BCUT2D eigenvalue weighted by Gasteiger charge is -2.31. The van der Waals surface area contributed by atoms with E-state index >= 15 is 0 Å². The first-order chi connectivity index (χ1) is 12.6. The summed E-state index contributed by atoms with van der Waals surface area (Å²) in [6.07, 6.45) is 5.66. The van der Waals surface area contributed by atoms with Gasteiger partial charge in [0.2, 0.25) is 0 Å². The molecule has 0 amide bonds. The van der Waals surface area contributed by atoms with E-state index in [1.165, 1.54) is 25.7 Å². The normalized spacial score (nSPS) is 22.0. The third kappa shape index (κ3) is 6.89. The van der Waals surface area contributed by atoms with Gasteiger partial charge in [-0.3, -0.25) is 4.99 Å². The van der Waals surface area contributed by atoms with Crippen LogP contribution < -0.4 is 10.6 Å².